The first-order chi connectivity index (χ1) is 6.96. The van der Waals surface area contributed by atoms with Crippen LogP contribution in [0.4, 0.5) is 8.78 Å². The van der Waals surface area contributed by atoms with Gasteiger partial charge in [0.25, 0.3) is 0 Å². The zero-order valence-corrected chi connectivity index (χ0v) is 8.59. The Kier molecular flexibility index (Phi) is 3.77. The minimum atomic E-state index is -2.82. The van der Waals surface area contributed by atoms with Crippen molar-refractivity contribution in [2.45, 2.75) is 38.5 Å². The first kappa shape index (κ1) is 12.1. The lowest BCUT2D eigenvalue weighted by Gasteiger charge is -2.12. The van der Waals surface area contributed by atoms with Crippen molar-refractivity contribution in [2.24, 2.45) is 5.92 Å². The van der Waals surface area contributed by atoms with Crippen LogP contribution in [0.15, 0.2) is 0 Å². The molecule has 15 heavy (non-hydrogen) atoms. The molecule has 1 fully saturated rings. The quantitative estimate of drug-likeness (QED) is 0.406. The van der Waals surface area contributed by atoms with Crippen LogP contribution in [0.25, 0.3) is 0 Å². The van der Waals surface area contributed by atoms with Gasteiger partial charge in [-0.25, -0.2) is 8.78 Å². The topological polar surface area (TPSA) is 43.4 Å². The van der Waals surface area contributed by atoms with Crippen molar-refractivity contribution < 1.29 is 23.1 Å². The highest BCUT2D eigenvalue weighted by molar-refractivity contribution is 5.99. The molecule has 1 atom stereocenters. The predicted molar refractivity (Wildman–Crippen MR) is 48.5 cm³/mol. The summed E-state index contributed by atoms with van der Waals surface area (Å²) >= 11 is 0. The van der Waals surface area contributed by atoms with Gasteiger partial charge in [0.1, 0.15) is 11.7 Å². The van der Waals surface area contributed by atoms with Gasteiger partial charge in [0.2, 0.25) is 5.92 Å². The van der Waals surface area contributed by atoms with Crippen molar-refractivity contribution in [1.29, 1.82) is 0 Å². The van der Waals surface area contributed by atoms with Crippen molar-refractivity contribution in [3.8, 4) is 0 Å². The second-order valence-electron chi connectivity index (χ2n) is 3.67. The molecule has 1 rings (SSSR count). The van der Waals surface area contributed by atoms with Crippen LogP contribution in [0.2, 0.25) is 0 Å². The summed E-state index contributed by atoms with van der Waals surface area (Å²) in [4.78, 5) is 22.7. The predicted octanol–water partition coefficient (Wildman–Crippen LogP) is 1.94. The fourth-order valence-electron chi connectivity index (χ4n) is 1.61. The molecule has 0 aromatic carbocycles. The Hall–Kier alpha value is -1.00. The summed E-state index contributed by atoms with van der Waals surface area (Å²) in [5.74, 6) is -4.90. The molecule has 0 aromatic heterocycles. The van der Waals surface area contributed by atoms with Crippen LogP contribution < -0.4 is 0 Å². The molecular weight excluding hydrogens is 206 g/mol. The van der Waals surface area contributed by atoms with Crippen molar-refractivity contribution in [3.63, 3.8) is 0 Å². The highest BCUT2D eigenvalue weighted by atomic mass is 19.3. The van der Waals surface area contributed by atoms with Crippen molar-refractivity contribution in [2.75, 3.05) is 6.61 Å². The van der Waals surface area contributed by atoms with E-state index >= 15 is 0 Å². The van der Waals surface area contributed by atoms with E-state index in [0.717, 1.165) is 0 Å². The van der Waals surface area contributed by atoms with E-state index in [2.05, 4.69) is 4.74 Å². The molecule has 0 bridgehead atoms. The third-order valence-corrected chi connectivity index (χ3v) is 2.50. The summed E-state index contributed by atoms with van der Waals surface area (Å²) in [6.45, 7) is 1.78. The second-order valence-corrected chi connectivity index (χ2v) is 3.67. The highest BCUT2D eigenvalue weighted by Crippen LogP contribution is 2.33. The first-order valence-corrected chi connectivity index (χ1v) is 5.03. The van der Waals surface area contributed by atoms with E-state index in [-0.39, 0.29) is 19.4 Å². The zero-order chi connectivity index (χ0) is 11.5. The fraction of sp³-hybridized carbons (Fsp3) is 0.800. The van der Waals surface area contributed by atoms with Gasteiger partial charge in [-0.2, -0.15) is 0 Å². The molecule has 1 aliphatic carbocycles. The minimum absolute atomic E-state index is 0.106. The van der Waals surface area contributed by atoms with E-state index < -0.39 is 36.4 Å². The second kappa shape index (κ2) is 4.68. The normalized spacial score (nSPS) is 25.8. The summed E-state index contributed by atoms with van der Waals surface area (Å²) in [5, 5.41) is 0. The van der Waals surface area contributed by atoms with Crippen LogP contribution in [-0.2, 0) is 14.3 Å². The molecule has 86 valence electrons. The van der Waals surface area contributed by atoms with Gasteiger partial charge in [0.15, 0.2) is 0 Å². The minimum Gasteiger partial charge on any atom is -0.465 e. The van der Waals surface area contributed by atoms with Crippen LogP contribution >= 0.6 is 0 Å². The lowest BCUT2D eigenvalue weighted by molar-refractivity contribution is -0.151. The molecule has 0 N–H and O–H groups in total. The Morgan fingerprint density at radius 1 is 1.53 bits per heavy atom. The van der Waals surface area contributed by atoms with Gasteiger partial charge in [-0.3, -0.25) is 9.59 Å². The van der Waals surface area contributed by atoms with E-state index in [1.807, 2.05) is 0 Å². The van der Waals surface area contributed by atoms with Crippen LogP contribution in [0, 0.1) is 5.92 Å². The van der Waals surface area contributed by atoms with Crippen molar-refractivity contribution in [3.05, 3.63) is 0 Å². The molecule has 5 heteroatoms. The standard InChI is InChI=1S/C10H14F2O3/c1-2-15-9(14)7-3-5-10(11,12)6-4-8(7)13/h7H,2-6H2,1H3. The van der Waals surface area contributed by atoms with E-state index in [1.165, 1.54) is 0 Å². The Bertz CT molecular complexity index is 263. The number of carbonyl (C=O) groups is 2. The van der Waals surface area contributed by atoms with Crippen molar-refractivity contribution >= 4 is 11.8 Å². The summed E-state index contributed by atoms with van der Waals surface area (Å²) < 4.78 is 30.6. The molecule has 1 saturated carbocycles. The molecule has 0 radical (unpaired) electrons. The van der Waals surface area contributed by atoms with Crippen LogP contribution in [-0.4, -0.2) is 24.3 Å². The molecule has 1 unspecified atom stereocenters. The monoisotopic (exact) mass is 220 g/mol. The van der Waals surface area contributed by atoms with Crippen LogP contribution in [0.3, 0.4) is 0 Å². The smallest absolute Gasteiger partial charge is 0.316 e. The number of rotatable bonds is 2. The van der Waals surface area contributed by atoms with Crippen LogP contribution in [0.1, 0.15) is 32.6 Å². The molecule has 1 aliphatic rings. The number of ketones is 1. The molecular formula is C10H14F2O3. The Labute approximate surface area is 86.8 Å². The van der Waals surface area contributed by atoms with Crippen LogP contribution in [0.5, 0.6) is 0 Å². The van der Waals surface area contributed by atoms with E-state index in [4.69, 9.17) is 0 Å². The average molecular weight is 220 g/mol. The van der Waals surface area contributed by atoms with Gasteiger partial charge < -0.3 is 4.74 Å². The fourth-order valence-corrected chi connectivity index (χ4v) is 1.61. The molecule has 0 spiro atoms. The number of halogens is 2. The van der Waals surface area contributed by atoms with Gasteiger partial charge in [-0.1, -0.05) is 0 Å². The number of alkyl halides is 2. The van der Waals surface area contributed by atoms with Gasteiger partial charge in [0.05, 0.1) is 6.61 Å². The summed E-state index contributed by atoms with van der Waals surface area (Å²) in [7, 11) is 0. The maximum Gasteiger partial charge on any atom is 0.316 e. The average Bonchev–Trinajstić information content (AvgIpc) is 2.27. The van der Waals surface area contributed by atoms with E-state index in [1.54, 1.807) is 6.92 Å². The van der Waals surface area contributed by atoms with Gasteiger partial charge in [-0.05, 0) is 13.3 Å². The van der Waals surface area contributed by atoms with E-state index in [0.29, 0.717) is 0 Å². The number of hydrogen-bond acceptors (Lipinski definition) is 3. The largest absolute Gasteiger partial charge is 0.465 e. The van der Waals surface area contributed by atoms with Gasteiger partial charge in [0, 0.05) is 19.3 Å². The summed E-state index contributed by atoms with van der Waals surface area (Å²) in [6, 6.07) is 0. The number of ether oxygens (including phenoxy) is 1. The Morgan fingerprint density at radius 2 is 2.20 bits per heavy atom. The Balaban J connectivity index is 2.65. The third-order valence-electron chi connectivity index (χ3n) is 2.50. The maximum atomic E-state index is 13.0. The maximum absolute atomic E-state index is 13.0. The van der Waals surface area contributed by atoms with Gasteiger partial charge in [-0.15, -0.1) is 0 Å². The number of hydrogen-bond donors (Lipinski definition) is 0. The molecule has 0 amide bonds. The number of esters is 1. The van der Waals surface area contributed by atoms with E-state index in [9.17, 15) is 18.4 Å². The molecule has 0 heterocycles. The lowest BCUT2D eigenvalue weighted by atomic mass is 9.99. The third kappa shape index (κ3) is 3.25. The molecule has 0 saturated heterocycles. The van der Waals surface area contributed by atoms with Gasteiger partial charge >= 0.3 is 5.97 Å². The number of Topliss-reactive ketones (excluding diaryl/α,β-unsaturated/α-hetero) is 1. The Morgan fingerprint density at radius 3 is 2.80 bits per heavy atom. The molecule has 3 nitrogen and oxygen atoms in total. The number of carbonyl (C=O) groups excluding carboxylic acids is 2. The summed E-state index contributed by atoms with van der Waals surface area (Å²) in [5.41, 5.74) is 0. The summed E-state index contributed by atoms with van der Waals surface area (Å²) in [6.07, 6.45) is -1.22. The SMILES string of the molecule is CCOC(=O)C1CCC(F)(F)CCC1=O. The highest BCUT2D eigenvalue weighted by Gasteiger charge is 2.39. The lowest BCUT2D eigenvalue weighted by Crippen LogP contribution is -2.25. The zero-order valence-electron chi connectivity index (χ0n) is 8.59. The molecule has 0 aliphatic heterocycles. The molecule has 0 aromatic rings. The van der Waals surface area contributed by atoms with Crippen molar-refractivity contribution in [1.82, 2.24) is 0 Å². The first-order valence-electron chi connectivity index (χ1n) is 5.03.